The molecule has 8 heteroatoms. The maximum atomic E-state index is 13.0. The minimum atomic E-state index is -3.92. The highest BCUT2D eigenvalue weighted by Gasteiger charge is 2.27. The quantitative estimate of drug-likeness (QED) is 0.648. The highest BCUT2D eigenvalue weighted by atomic mass is 35.5. The summed E-state index contributed by atoms with van der Waals surface area (Å²) in [6.45, 7) is 1.93. The second-order valence-electron chi connectivity index (χ2n) is 6.68. The van der Waals surface area contributed by atoms with Gasteiger partial charge in [-0.1, -0.05) is 29.8 Å². The van der Waals surface area contributed by atoms with Crippen molar-refractivity contribution in [2.45, 2.75) is 11.8 Å². The molecular weight excluding hydrogens is 412 g/mol. The second-order valence-corrected chi connectivity index (χ2v) is 8.74. The van der Waals surface area contributed by atoms with Crippen LogP contribution in [-0.2, 0) is 10.0 Å². The Labute approximate surface area is 173 Å². The molecule has 1 aliphatic rings. The third kappa shape index (κ3) is 3.54. The minimum Gasteiger partial charge on any atom is -0.454 e. The van der Waals surface area contributed by atoms with Gasteiger partial charge in [-0.15, -0.1) is 0 Å². The van der Waals surface area contributed by atoms with Crippen LogP contribution in [0.4, 0.5) is 11.4 Å². The van der Waals surface area contributed by atoms with Gasteiger partial charge >= 0.3 is 0 Å². The van der Waals surface area contributed by atoms with Gasteiger partial charge in [0.2, 0.25) is 0 Å². The van der Waals surface area contributed by atoms with Gasteiger partial charge in [-0.05, 0) is 55.0 Å². The predicted octanol–water partition coefficient (Wildman–Crippen LogP) is 4.83. The molecule has 0 unspecified atom stereocenters. The smallest absolute Gasteiger partial charge is 0.263 e. The SMILES string of the molecule is Cc1ccc2c(c1)N(C)C(=O)c1cc(NS(=O)(=O)c3ccccc3Cl)ccc1O2. The monoisotopic (exact) mass is 428 g/mol. The number of benzene rings is 3. The molecule has 29 heavy (non-hydrogen) atoms. The molecular formula is C21H17ClN2O4S. The van der Waals surface area contributed by atoms with Gasteiger partial charge in [0.25, 0.3) is 15.9 Å². The van der Waals surface area contributed by atoms with Gasteiger partial charge in [0, 0.05) is 12.7 Å². The van der Waals surface area contributed by atoms with Crippen molar-refractivity contribution in [3.8, 4) is 11.5 Å². The van der Waals surface area contributed by atoms with Gasteiger partial charge in [0.1, 0.15) is 10.6 Å². The molecule has 1 amide bonds. The van der Waals surface area contributed by atoms with Crippen LogP contribution in [0.1, 0.15) is 15.9 Å². The second kappa shape index (κ2) is 7.09. The van der Waals surface area contributed by atoms with Gasteiger partial charge in [-0.2, -0.15) is 0 Å². The van der Waals surface area contributed by atoms with Crippen molar-refractivity contribution in [3.05, 3.63) is 76.8 Å². The average Bonchev–Trinajstić information content (AvgIpc) is 2.78. The first-order chi connectivity index (χ1) is 13.8. The van der Waals surface area contributed by atoms with E-state index in [-0.39, 0.29) is 27.1 Å². The van der Waals surface area contributed by atoms with E-state index in [9.17, 15) is 13.2 Å². The number of ether oxygens (including phenoxy) is 1. The molecule has 1 aliphatic heterocycles. The maximum Gasteiger partial charge on any atom is 0.263 e. The standard InChI is InChI=1S/C21H17ClN2O4S/c1-13-7-9-19-17(11-13)24(2)21(25)15-12-14(8-10-18(15)28-19)23-29(26,27)20-6-4-3-5-16(20)22/h3-12,23H,1-2H3. The molecule has 6 nitrogen and oxygen atoms in total. The highest BCUT2D eigenvalue weighted by molar-refractivity contribution is 7.92. The number of hydrogen-bond acceptors (Lipinski definition) is 4. The van der Waals surface area contributed by atoms with Crippen LogP contribution >= 0.6 is 11.6 Å². The molecule has 1 heterocycles. The number of sulfonamides is 1. The molecule has 0 spiro atoms. The largest absolute Gasteiger partial charge is 0.454 e. The van der Waals surface area contributed by atoms with E-state index in [1.54, 1.807) is 37.4 Å². The number of halogens is 1. The lowest BCUT2D eigenvalue weighted by molar-refractivity contribution is 0.0993. The Hall–Kier alpha value is -3.03. The lowest BCUT2D eigenvalue weighted by Crippen LogP contribution is -2.25. The first-order valence-corrected chi connectivity index (χ1v) is 10.6. The third-order valence-corrected chi connectivity index (χ3v) is 6.47. The summed E-state index contributed by atoms with van der Waals surface area (Å²) in [5.74, 6) is 0.600. The summed E-state index contributed by atoms with van der Waals surface area (Å²) in [6, 6.07) is 16.3. The van der Waals surface area contributed by atoms with E-state index in [0.717, 1.165) is 5.56 Å². The molecule has 0 atom stereocenters. The summed E-state index contributed by atoms with van der Waals surface area (Å²) >= 11 is 6.02. The Balaban J connectivity index is 1.73. The Kier molecular flexibility index (Phi) is 4.72. The molecule has 0 bridgehead atoms. The number of nitrogens with zero attached hydrogens (tertiary/aromatic N) is 1. The molecule has 0 radical (unpaired) electrons. The fourth-order valence-corrected chi connectivity index (χ4v) is 4.68. The van der Waals surface area contributed by atoms with Crippen molar-refractivity contribution >= 4 is 38.9 Å². The third-order valence-electron chi connectivity index (χ3n) is 4.59. The first-order valence-electron chi connectivity index (χ1n) is 8.74. The number of carbonyl (C=O) groups is 1. The van der Waals surface area contributed by atoms with Crippen LogP contribution in [0.3, 0.4) is 0 Å². The summed E-state index contributed by atoms with van der Waals surface area (Å²) in [7, 11) is -2.27. The number of rotatable bonds is 3. The van der Waals surface area contributed by atoms with Crippen LogP contribution < -0.4 is 14.4 Å². The number of aryl methyl sites for hydroxylation is 1. The molecule has 148 valence electrons. The number of carbonyl (C=O) groups excluding carboxylic acids is 1. The summed E-state index contributed by atoms with van der Waals surface area (Å²) < 4.78 is 33.8. The minimum absolute atomic E-state index is 0.0424. The van der Waals surface area contributed by atoms with Crippen LogP contribution in [0.25, 0.3) is 0 Å². The Morgan fingerprint density at radius 1 is 1.00 bits per heavy atom. The molecule has 0 saturated heterocycles. The Morgan fingerprint density at radius 3 is 2.48 bits per heavy atom. The summed E-state index contributed by atoms with van der Waals surface area (Å²) in [4.78, 5) is 14.4. The lowest BCUT2D eigenvalue weighted by Gasteiger charge is -2.17. The van der Waals surface area contributed by atoms with Crippen LogP contribution in [0.2, 0.25) is 5.02 Å². The number of amides is 1. The first kappa shape index (κ1) is 19.3. The zero-order chi connectivity index (χ0) is 20.8. The van der Waals surface area contributed by atoms with Gasteiger partial charge in [-0.3, -0.25) is 9.52 Å². The zero-order valence-corrected chi connectivity index (χ0v) is 17.2. The van der Waals surface area contributed by atoms with Crippen molar-refractivity contribution in [1.29, 1.82) is 0 Å². The zero-order valence-electron chi connectivity index (χ0n) is 15.6. The number of anilines is 2. The fraction of sp³-hybridized carbons (Fsp3) is 0.0952. The van der Waals surface area contributed by atoms with Crippen molar-refractivity contribution in [2.24, 2.45) is 0 Å². The van der Waals surface area contributed by atoms with Gasteiger partial charge in [0.15, 0.2) is 5.75 Å². The fourth-order valence-electron chi connectivity index (χ4n) is 3.11. The highest BCUT2D eigenvalue weighted by Crippen LogP contribution is 2.39. The summed E-state index contributed by atoms with van der Waals surface area (Å²) in [6.07, 6.45) is 0. The van der Waals surface area contributed by atoms with E-state index in [1.807, 2.05) is 19.1 Å². The summed E-state index contributed by atoms with van der Waals surface area (Å²) in [5, 5.41) is 0.111. The summed E-state index contributed by atoms with van der Waals surface area (Å²) in [5.41, 5.74) is 2.12. The van der Waals surface area contributed by atoms with E-state index >= 15 is 0 Å². The van der Waals surface area contributed by atoms with Crippen LogP contribution in [0.5, 0.6) is 11.5 Å². The lowest BCUT2D eigenvalue weighted by atomic mass is 10.1. The molecule has 0 aromatic heterocycles. The topological polar surface area (TPSA) is 75.7 Å². The van der Waals surface area contributed by atoms with E-state index in [0.29, 0.717) is 17.2 Å². The van der Waals surface area contributed by atoms with Gasteiger partial charge < -0.3 is 9.64 Å². The number of nitrogens with one attached hydrogen (secondary N) is 1. The molecule has 0 aliphatic carbocycles. The maximum absolute atomic E-state index is 13.0. The van der Waals surface area contributed by atoms with Crippen molar-refractivity contribution in [2.75, 3.05) is 16.7 Å². The van der Waals surface area contributed by atoms with Gasteiger partial charge in [-0.25, -0.2) is 8.42 Å². The van der Waals surface area contributed by atoms with E-state index < -0.39 is 10.0 Å². The van der Waals surface area contributed by atoms with Crippen molar-refractivity contribution in [1.82, 2.24) is 0 Å². The number of fused-ring (bicyclic) bond motifs is 2. The van der Waals surface area contributed by atoms with Crippen LogP contribution in [0, 0.1) is 6.92 Å². The molecule has 0 saturated carbocycles. The molecule has 3 aromatic carbocycles. The van der Waals surface area contributed by atoms with E-state index in [2.05, 4.69) is 4.72 Å². The average molecular weight is 429 g/mol. The van der Waals surface area contributed by atoms with Crippen molar-refractivity contribution < 1.29 is 17.9 Å². The van der Waals surface area contributed by atoms with E-state index in [4.69, 9.17) is 16.3 Å². The van der Waals surface area contributed by atoms with Gasteiger partial charge in [0.05, 0.1) is 16.3 Å². The van der Waals surface area contributed by atoms with Crippen LogP contribution in [0.15, 0.2) is 65.6 Å². The Bertz CT molecular complexity index is 1240. The molecule has 1 N–H and O–H groups in total. The van der Waals surface area contributed by atoms with Crippen molar-refractivity contribution in [3.63, 3.8) is 0 Å². The molecule has 4 rings (SSSR count). The molecule has 3 aromatic rings. The molecule has 0 fully saturated rings. The normalized spacial score (nSPS) is 13.2. The Morgan fingerprint density at radius 2 is 1.72 bits per heavy atom. The van der Waals surface area contributed by atoms with Crippen LogP contribution in [-0.4, -0.2) is 21.4 Å². The number of hydrogen-bond donors (Lipinski definition) is 1. The predicted molar refractivity (Wildman–Crippen MR) is 113 cm³/mol. The van der Waals surface area contributed by atoms with E-state index in [1.165, 1.54) is 23.1 Å².